The highest BCUT2D eigenvalue weighted by molar-refractivity contribution is 7.89. The Balaban J connectivity index is 1.56. The van der Waals surface area contributed by atoms with Crippen molar-refractivity contribution >= 4 is 16.0 Å². The third kappa shape index (κ3) is 4.95. The van der Waals surface area contributed by atoms with Crippen LogP contribution in [0.3, 0.4) is 0 Å². The van der Waals surface area contributed by atoms with E-state index in [-0.39, 0.29) is 11.5 Å². The minimum atomic E-state index is -3.92. The van der Waals surface area contributed by atoms with Gasteiger partial charge in [-0.1, -0.05) is 6.92 Å². The summed E-state index contributed by atoms with van der Waals surface area (Å²) in [6, 6.07) is 4.29. The number of rotatable bonds is 8. The molecule has 0 saturated heterocycles. The Morgan fingerprint density at radius 2 is 2.07 bits per heavy atom. The van der Waals surface area contributed by atoms with Crippen LogP contribution in [0.2, 0.25) is 0 Å². The Morgan fingerprint density at radius 3 is 2.86 bits per heavy atom. The summed E-state index contributed by atoms with van der Waals surface area (Å²) in [5.41, 5.74) is 0. The highest BCUT2D eigenvalue weighted by atomic mass is 32.2. The van der Waals surface area contributed by atoms with Gasteiger partial charge in [0, 0.05) is 19.0 Å². The summed E-state index contributed by atoms with van der Waals surface area (Å²) in [5, 5.41) is 11.1. The van der Waals surface area contributed by atoms with Crippen LogP contribution in [-0.2, 0) is 32.7 Å². The number of hydrogen-bond acceptors (Lipinski definition) is 9. The highest BCUT2D eigenvalue weighted by Crippen LogP contribution is 2.31. The van der Waals surface area contributed by atoms with Gasteiger partial charge in [0.05, 0.1) is 18.1 Å². The van der Waals surface area contributed by atoms with Gasteiger partial charge in [0.15, 0.2) is 23.9 Å². The van der Waals surface area contributed by atoms with Crippen LogP contribution in [0.4, 0.5) is 0 Å². The van der Waals surface area contributed by atoms with Gasteiger partial charge >= 0.3 is 5.97 Å². The number of ether oxygens (including phenoxy) is 3. The van der Waals surface area contributed by atoms with E-state index in [1.807, 2.05) is 6.92 Å². The first-order chi connectivity index (χ1) is 13.5. The summed E-state index contributed by atoms with van der Waals surface area (Å²) in [4.78, 5) is 11.9. The van der Waals surface area contributed by atoms with Crippen molar-refractivity contribution in [2.75, 3.05) is 19.8 Å². The van der Waals surface area contributed by atoms with E-state index in [1.54, 1.807) is 0 Å². The molecule has 152 valence electrons. The van der Waals surface area contributed by atoms with Crippen molar-refractivity contribution in [3.63, 3.8) is 0 Å². The van der Waals surface area contributed by atoms with Gasteiger partial charge in [-0.3, -0.25) is 4.79 Å². The third-order valence-corrected chi connectivity index (χ3v) is 5.24. The maximum atomic E-state index is 12.4. The molecule has 0 radical (unpaired) electrons. The number of nitrogens with one attached hydrogen (secondary N) is 1. The number of carbonyl (C=O) groups excluding carboxylic acids is 1. The molecule has 0 amide bonds. The minimum Gasteiger partial charge on any atom is -0.490 e. The fraction of sp³-hybridized carbons (Fsp3) is 0.500. The molecule has 1 N–H and O–H groups in total. The normalized spacial score (nSPS) is 13.8. The molecule has 0 aliphatic carbocycles. The fourth-order valence-electron chi connectivity index (χ4n) is 2.46. The Morgan fingerprint density at radius 1 is 1.29 bits per heavy atom. The first-order valence-corrected chi connectivity index (χ1v) is 10.3. The standard InChI is InChI=1S/C16H21N5O6S/c1-2-6-21-15(18-19-20-21)11-27-16(22)10-17-28(23,24)12-4-5-13-14(9-12)26-8-3-7-25-13/h4-5,9,17H,2-3,6-8,10-11H2,1H3. The summed E-state index contributed by atoms with van der Waals surface area (Å²) in [6.07, 6.45) is 1.53. The zero-order chi connectivity index (χ0) is 20.0. The van der Waals surface area contributed by atoms with Crippen molar-refractivity contribution in [2.24, 2.45) is 0 Å². The summed E-state index contributed by atoms with van der Waals surface area (Å²) >= 11 is 0. The molecule has 1 aliphatic heterocycles. The zero-order valence-corrected chi connectivity index (χ0v) is 16.1. The molecule has 11 nitrogen and oxygen atoms in total. The largest absolute Gasteiger partial charge is 0.490 e. The average molecular weight is 411 g/mol. The lowest BCUT2D eigenvalue weighted by Crippen LogP contribution is -2.30. The van der Waals surface area contributed by atoms with Crippen LogP contribution in [0.15, 0.2) is 23.1 Å². The summed E-state index contributed by atoms with van der Waals surface area (Å²) in [5.74, 6) is 0.483. The second kappa shape index (κ2) is 8.97. The molecule has 0 bridgehead atoms. The molecule has 1 aromatic heterocycles. The van der Waals surface area contributed by atoms with Crippen molar-refractivity contribution in [3.8, 4) is 11.5 Å². The lowest BCUT2D eigenvalue weighted by atomic mass is 10.3. The predicted molar refractivity (Wildman–Crippen MR) is 95.1 cm³/mol. The second-order valence-electron chi connectivity index (χ2n) is 5.96. The monoisotopic (exact) mass is 411 g/mol. The van der Waals surface area contributed by atoms with E-state index in [0.29, 0.717) is 43.5 Å². The van der Waals surface area contributed by atoms with E-state index < -0.39 is 22.5 Å². The average Bonchev–Trinajstić information content (AvgIpc) is 2.98. The van der Waals surface area contributed by atoms with Crippen LogP contribution < -0.4 is 14.2 Å². The first-order valence-electron chi connectivity index (χ1n) is 8.79. The first kappa shape index (κ1) is 20.0. The molecule has 28 heavy (non-hydrogen) atoms. The van der Waals surface area contributed by atoms with Gasteiger partial charge in [-0.15, -0.1) is 5.10 Å². The van der Waals surface area contributed by atoms with E-state index in [9.17, 15) is 13.2 Å². The number of carbonyl (C=O) groups is 1. The van der Waals surface area contributed by atoms with Crippen LogP contribution in [0.25, 0.3) is 0 Å². The summed E-state index contributed by atoms with van der Waals surface area (Å²) in [7, 11) is -3.92. The van der Waals surface area contributed by atoms with Crippen molar-refractivity contribution in [1.82, 2.24) is 24.9 Å². The van der Waals surface area contributed by atoms with Gasteiger partial charge < -0.3 is 14.2 Å². The van der Waals surface area contributed by atoms with Crippen molar-refractivity contribution in [2.45, 2.75) is 37.8 Å². The lowest BCUT2D eigenvalue weighted by Gasteiger charge is -2.11. The van der Waals surface area contributed by atoms with Crippen LogP contribution >= 0.6 is 0 Å². The number of tetrazole rings is 1. The summed E-state index contributed by atoms with van der Waals surface area (Å²) in [6.45, 7) is 2.84. The van der Waals surface area contributed by atoms with Gasteiger partial charge in [0.2, 0.25) is 10.0 Å². The van der Waals surface area contributed by atoms with Crippen molar-refractivity contribution < 1.29 is 27.4 Å². The van der Waals surface area contributed by atoms with E-state index >= 15 is 0 Å². The van der Waals surface area contributed by atoms with Crippen LogP contribution in [0, 0.1) is 0 Å². The Bertz CT molecular complexity index is 929. The van der Waals surface area contributed by atoms with Crippen molar-refractivity contribution in [1.29, 1.82) is 0 Å². The van der Waals surface area contributed by atoms with Crippen LogP contribution in [0.5, 0.6) is 11.5 Å². The van der Waals surface area contributed by atoms with Gasteiger partial charge in [-0.25, -0.2) is 13.1 Å². The molecular weight excluding hydrogens is 390 g/mol. The Hall–Kier alpha value is -2.73. The van der Waals surface area contributed by atoms with E-state index in [0.717, 1.165) is 6.42 Å². The number of aromatic nitrogens is 4. The maximum Gasteiger partial charge on any atom is 0.321 e. The molecule has 1 aromatic carbocycles. The SMILES string of the molecule is CCCn1nnnc1COC(=O)CNS(=O)(=O)c1ccc2c(c1)OCCCO2. The maximum absolute atomic E-state index is 12.4. The zero-order valence-electron chi connectivity index (χ0n) is 15.3. The smallest absolute Gasteiger partial charge is 0.321 e. The van der Waals surface area contributed by atoms with E-state index in [4.69, 9.17) is 14.2 Å². The molecular formula is C16H21N5O6S. The number of esters is 1. The number of sulfonamides is 1. The molecule has 1 aliphatic rings. The fourth-order valence-corrected chi connectivity index (χ4v) is 3.44. The molecule has 2 aromatic rings. The summed E-state index contributed by atoms with van der Waals surface area (Å²) < 4.78 is 44.6. The van der Waals surface area contributed by atoms with Crippen molar-refractivity contribution in [3.05, 3.63) is 24.0 Å². The van der Waals surface area contributed by atoms with Gasteiger partial charge in [0.1, 0.15) is 6.54 Å². The topological polar surface area (TPSA) is 135 Å². The minimum absolute atomic E-state index is 0.0311. The van der Waals surface area contributed by atoms with Crippen LogP contribution in [-0.4, -0.2) is 54.4 Å². The number of benzene rings is 1. The van der Waals surface area contributed by atoms with Crippen LogP contribution in [0.1, 0.15) is 25.6 Å². The molecule has 3 rings (SSSR count). The molecule has 0 spiro atoms. The van der Waals surface area contributed by atoms with Gasteiger partial charge in [-0.05, 0) is 29.0 Å². The number of aryl methyl sites for hydroxylation is 1. The molecule has 2 heterocycles. The molecule has 0 fully saturated rings. The Labute approximate surface area is 162 Å². The molecule has 0 atom stereocenters. The molecule has 0 saturated carbocycles. The number of nitrogens with zero attached hydrogens (tertiary/aromatic N) is 4. The predicted octanol–water partition coefficient (Wildman–Crippen LogP) is 0.266. The number of fused-ring (bicyclic) bond motifs is 1. The highest BCUT2D eigenvalue weighted by Gasteiger charge is 2.20. The number of hydrogen-bond donors (Lipinski definition) is 1. The third-order valence-electron chi connectivity index (χ3n) is 3.84. The molecule has 0 unspecified atom stereocenters. The van der Waals surface area contributed by atoms with Gasteiger partial charge in [-0.2, -0.15) is 4.72 Å². The Kier molecular flexibility index (Phi) is 6.41. The lowest BCUT2D eigenvalue weighted by molar-refractivity contribution is -0.143. The quantitative estimate of drug-likeness (QED) is 0.607. The molecule has 12 heteroatoms. The van der Waals surface area contributed by atoms with Gasteiger partial charge in [0.25, 0.3) is 0 Å². The van der Waals surface area contributed by atoms with E-state index in [1.165, 1.54) is 22.9 Å². The van der Waals surface area contributed by atoms with E-state index in [2.05, 4.69) is 20.2 Å². The second-order valence-corrected chi connectivity index (χ2v) is 7.73.